The van der Waals surface area contributed by atoms with E-state index in [1.807, 2.05) is 29.6 Å². The Morgan fingerprint density at radius 1 is 1.35 bits per heavy atom. The van der Waals surface area contributed by atoms with E-state index >= 15 is 0 Å². The van der Waals surface area contributed by atoms with E-state index in [0.29, 0.717) is 13.2 Å². The van der Waals surface area contributed by atoms with Gasteiger partial charge in [-0.1, -0.05) is 12.1 Å². The maximum Gasteiger partial charge on any atom is 0.171 e. The highest BCUT2D eigenvalue weighted by molar-refractivity contribution is 7.17. The van der Waals surface area contributed by atoms with Crippen LogP contribution in [0.15, 0.2) is 29.6 Å². The number of ketones is 1. The van der Waals surface area contributed by atoms with Crippen molar-refractivity contribution in [1.82, 2.24) is 0 Å². The third-order valence-electron chi connectivity index (χ3n) is 3.21. The molecule has 1 fully saturated rings. The standard InChI is InChI=1S/C13H13NO2S/c14-11-7-16-6-10(11)12(15)9-3-1-2-8-4-5-17-13(8)9/h1-5,10-11H,6-7,14H2. The average Bonchev–Trinajstić information content (AvgIpc) is 2.95. The molecular weight excluding hydrogens is 234 g/mol. The van der Waals surface area contributed by atoms with E-state index in [-0.39, 0.29) is 17.7 Å². The normalized spacial score (nSPS) is 24.3. The summed E-state index contributed by atoms with van der Waals surface area (Å²) in [7, 11) is 0. The lowest BCUT2D eigenvalue weighted by molar-refractivity contribution is 0.0898. The van der Waals surface area contributed by atoms with Gasteiger partial charge >= 0.3 is 0 Å². The van der Waals surface area contributed by atoms with Gasteiger partial charge in [0.25, 0.3) is 0 Å². The van der Waals surface area contributed by atoms with Gasteiger partial charge in [0, 0.05) is 16.3 Å². The topological polar surface area (TPSA) is 52.3 Å². The third kappa shape index (κ3) is 1.78. The van der Waals surface area contributed by atoms with E-state index in [1.54, 1.807) is 11.3 Å². The van der Waals surface area contributed by atoms with Crippen LogP contribution in [0, 0.1) is 5.92 Å². The summed E-state index contributed by atoms with van der Waals surface area (Å²) in [6, 6.07) is 7.68. The predicted octanol–water partition coefficient (Wildman–Crippen LogP) is 2.06. The van der Waals surface area contributed by atoms with Gasteiger partial charge in [-0.2, -0.15) is 0 Å². The van der Waals surface area contributed by atoms with E-state index in [1.165, 1.54) is 0 Å². The van der Waals surface area contributed by atoms with Crippen molar-refractivity contribution < 1.29 is 9.53 Å². The van der Waals surface area contributed by atoms with E-state index in [9.17, 15) is 4.79 Å². The lowest BCUT2D eigenvalue weighted by atomic mass is 9.93. The Labute approximate surface area is 103 Å². The molecule has 1 aromatic heterocycles. The van der Waals surface area contributed by atoms with Gasteiger partial charge in [0.2, 0.25) is 0 Å². The summed E-state index contributed by atoms with van der Waals surface area (Å²) in [5.41, 5.74) is 6.68. The first-order valence-corrected chi connectivity index (χ1v) is 6.49. The van der Waals surface area contributed by atoms with E-state index in [0.717, 1.165) is 15.6 Å². The lowest BCUT2D eigenvalue weighted by Crippen LogP contribution is -2.34. The molecule has 2 atom stereocenters. The maximum atomic E-state index is 12.4. The Bertz CT molecular complexity index is 563. The Morgan fingerprint density at radius 3 is 3.00 bits per heavy atom. The number of fused-ring (bicyclic) bond motifs is 1. The zero-order valence-corrected chi connectivity index (χ0v) is 10.1. The van der Waals surface area contributed by atoms with Gasteiger partial charge in [0.05, 0.1) is 19.1 Å². The minimum atomic E-state index is -0.192. The highest BCUT2D eigenvalue weighted by Crippen LogP contribution is 2.28. The molecule has 2 heterocycles. The van der Waals surface area contributed by atoms with Crippen molar-refractivity contribution in [2.45, 2.75) is 6.04 Å². The Balaban J connectivity index is 2.03. The molecular formula is C13H13NO2S. The number of ether oxygens (including phenoxy) is 1. The molecule has 1 aromatic carbocycles. The molecule has 0 aliphatic carbocycles. The smallest absolute Gasteiger partial charge is 0.171 e. The van der Waals surface area contributed by atoms with Crippen LogP contribution in [0.1, 0.15) is 10.4 Å². The Kier molecular flexibility index (Phi) is 2.70. The summed E-state index contributed by atoms with van der Waals surface area (Å²) < 4.78 is 6.32. The molecule has 2 unspecified atom stereocenters. The summed E-state index contributed by atoms with van der Waals surface area (Å²) in [6.45, 7) is 0.929. The summed E-state index contributed by atoms with van der Waals surface area (Å²) in [4.78, 5) is 12.4. The molecule has 0 spiro atoms. The first kappa shape index (κ1) is 10.9. The second kappa shape index (κ2) is 4.22. The second-order valence-corrected chi connectivity index (χ2v) is 5.23. The van der Waals surface area contributed by atoms with Crippen LogP contribution in [0.3, 0.4) is 0 Å². The van der Waals surface area contributed by atoms with Crippen LogP contribution in [0.25, 0.3) is 10.1 Å². The molecule has 2 aromatic rings. The van der Waals surface area contributed by atoms with Crippen LogP contribution in [-0.2, 0) is 4.74 Å². The zero-order chi connectivity index (χ0) is 11.8. The van der Waals surface area contributed by atoms with Gasteiger partial charge in [0.1, 0.15) is 0 Å². The van der Waals surface area contributed by atoms with Crippen molar-refractivity contribution in [2.24, 2.45) is 11.7 Å². The van der Waals surface area contributed by atoms with Crippen LogP contribution in [-0.4, -0.2) is 25.0 Å². The molecule has 1 aliphatic rings. The number of nitrogens with two attached hydrogens (primary N) is 1. The number of rotatable bonds is 2. The molecule has 0 amide bonds. The van der Waals surface area contributed by atoms with Gasteiger partial charge < -0.3 is 10.5 Å². The van der Waals surface area contributed by atoms with Gasteiger partial charge in [-0.3, -0.25) is 4.79 Å². The molecule has 0 bridgehead atoms. The van der Waals surface area contributed by atoms with Gasteiger partial charge in [-0.25, -0.2) is 0 Å². The van der Waals surface area contributed by atoms with E-state index < -0.39 is 0 Å². The summed E-state index contributed by atoms with van der Waals surface area (Å²) in [5, 5.41) is 3.13. The highest BCUT2D eigenvalue weighted by atomic mass is 32.1. The van der Waals surface area contributed by atoms with E-state index in [2.05, 4.69) is 0 Å². The number of hydrogen-bond acceptors (Lipinski definition) is 4. The van der Waals surface area contributed by atoms with Gasteiger partial charge in [-0.05, 0) is 22.9 Å². The Hall–Kier alpha value is -1.23. The molecule has 1 aliphatic heterocycles. The molecule has 88 valence electrons. The second-order valence-electron chi connectivity index (χ2n) is 4.32. The SMILES string of the molecule is NC1COCC1C(=O)c1cccc2ccsc12. The summed E-state index contributed by atoms with van der Waals surface area (Å²) in [5.74, 6) is -0.0780. The molecule has 2 N–H and O–H groups in total. The highest BCUT2D eigenvalue weighted by Gasteiger charge is 2.32. The summed E-state index contributed by atoms with van der Waals surface area (Å²) in [6.07, 6.45) is 0. The number of carbonyl (C=O) groups is 1. The maximum absolute atomic E-state index is 12.4. The molecule has 3 nitrogen and oxygen atoms in total. The molecule has 1 saturated heterocycles. The summed E-state index contributed by atoms with van der Waals surface area (Å²) >= 11 is 1.60. The number of hydrogen-bond donors (Lipinski definition) is 1. The third-order valence-corrected chi connectivity index (χ3v) is 4.17. The molecule has 17 heavy (non-hydrogen) atoms. The molecule has 4 heteroatoms. The van der Waals surface area contributed by atoms with Crippen molar-refractivity contribution in [2.75, 3.05) is 13.2 Å². The number of Topliss-reactive ketones (excluding diaryl/α,β-unsaturated/α-hetero) is 1. The first-order valence-electron chi connectivity index (χ1n) is 5.61. The van der Waals surface area contributed by atoms with Crippen LogP contribution >= 0.6 is 11.3 Å². The quantitative estimate of drug-likeness (QED) is 0.826. The fourth-order valence-electron chi connectivity index (χ4n) is 2.23. The first-order chi connectivity index (χ1) is 8.27. The van der Waals surface area contributed by atoms with Crippen molar-refractivity contribution in [1.29, 1.82) is 0 Å². The van der Waals surface area contributed by atoms with Crippen LogP contribution in [0.2, 0.25) is 0 Å². The molecule has 0 saturated carbocycles. The molecule has 0 radical (unpaired) electrons. The minimum Gasteiger partial charge on any atom is -0.379 e. The van der Waals surface area contributed by atoms with Crippen molar-refractivity contribution >= 4 is 27.2 Å². The van der Waals surface area contributed by atoms with Crippen molar-refractivity contribution in [3.63, 3.8) is 0 Å². The largest absolute Gasteiger partial charge is 0.379 e. The predicted molar refractivity (Wildman–Crippen MR) is 68.4 cm³/mol. The Morgan fingerprint density at radius 2 is 2.24 bits per heavy atom. The average molecular weight is 247 g/mol. The van der Waals surface area contributed by atoms with E-state index in [4.69, 9.17) is 10.5 Å². The van der Waals surface area contributed by atoms with Crippen molar-refractivity contribution in [3.05, 3.63) is 35.2 Å². The number of benzene rings is 1. The fourth-order valence-corrected chi connectivity index (χ4v) is 3.15. The lowest BCUT2D eigenvalue weighted by Gasteiger charge is -2.12. The number of carbonyl (C=O) groups excluding carboxylic acids is 1. The minimum absolute atomic E-state index is 0.114. The monoisotopic (exact) mass is 247 g/mol. The zero-order valence-electron chi connectivity index (χ0n) is 9.26. The van der Waals surface area contributed by atoms with Crippen LogP contribution in [0.5, 0.6) is 0 Å². The number of thiophene rings is 1. The molecule has 3 rings (SSSR count). The van der Waals surface area contributed by atoms with Crippen LogP contribution in [0.4, 0.5) is 0 Å². The fraction of sp³-hybridized carbons (Fsp3) is 0.308. The van der Waals surface area contributed by atoms with Gasteiger partial charge in [0.15, 0.2) is 5.78 Å². The van der Waals surface area contributed by atoms with Crippen molar-refractivity contribution in [3.8, 4) is 0 Å². The van der Waals surface area contributed by atoms with Gasteiger partial charge in [-0.15, -0.1) is 11.3 Å². The van der Waals surface area contributed by atoms with Crippen LogP contribution < -0.4 is 5.73 Å².